The average Bonchev–Trinajstić information content (AvgIpc) is 2.77. The van der Waals surface area contributed by atoms with E-state index in [0.29, 0.717) is 11.4 Å². The first-order valence-electron chi connectivity index (χ1n) is 5.03. The predicted molar refractivity (Wildman–Crippen MR) is 70.5 cm³/mol. The van der Waals surface area contributed by atoms with Crippen molar-refractivity contribution in [1.82, 2.24) is 9.55 Å². The number of imidazole rings is 1. The SMILES string of the molecule is CCn1ccnc1C(=O)c1ccc(I)cc1. The zero-order chi connectivity index (χ0) is 11.5. The van der Waals surface area contributed by atoms with Gasteiger partial charge in [-0.2, -0.15) is 0 Å². The van der Waals surface area contributed by atoms with E-state index in [1.165, 1.54) is 0 Å². The quantitative estimate of drug-likeness (QED) is 0.642. The van der Waals surface area contributed by atoms with Crippen LogP contribution in [0.2, 0.25) is 0 Å². The lowest BCUT2D eigenvalue weighted by molar-refractivity contribution is 0.102. The maximum absolute atomic E-state index is 12.1. The minimum absolute atomic E-state index is 0.0248. The summed E-state index contributed by atoms with van der Waals surface area (Å²) in [6.07, 6.45) is 3.48. The van der Waals surface area contributed by atoms with E-state index in [1.807, 2.05) is 42.0 Å². The van der Waals surface area contributed by atoms with Gasteiger partial charge in [-0.15, -0.1) is 0 Å². The number of carbonyl (C=O) groups is 1. The number of aromatic nitrogens is 2. The first-order valence-corrected chi connectivity index (χ1v) is 6.11. The van der Waals surface area contributed by atoms with E-state index in [0.717, 1.165) is 10.1 Å². The second-order valence-electron chi connectivity index (χ2n) is 3.37. The number of rotatable bonds is 3. The molecule has 0 fully saturated rings. The highest BCUT2D eigenvalue weighted by Crippen LogP contribution is 2.11. The normalized spacial score (nSPS) is 10.4. The fourth-order valence-electron chi connectivity index (χ4n) is 1.50. The molecule has 0 aliphatic carbocycles. The summed E-state index contributed by atoms with van der Waals surface area (Å²) in [4.78, 5) is 16.2. The Labute approximate surface area is 108 Å². The molecule has 1 aromatic carbocycles. The van der Waals surface area contributed by atoms with Crippen LogP contribution in [0.5, 0.6) is 0 Å². The molecule has 16 heavy (non-hydrogen) atoms. The smallest absolute Gasteiger partial charge is 0.228 e. The highest BCUT2D eigenvalue weighted by atomic mass is 127. The van der Waals surface area contributed by atoms with Gasteiger partial charge < -0.3 is 4.57 Å². The lowest BCUT2D eigenvalue weighted by Gasteiger charge is -2.03. The molecule has 82 valence electrons. The molecule has 0 amide bonds. The molecule has 0 N–H and O–H groups in total. The van der Waals surface area contributed by atoms with Crippen LogP contribution in [0.1, 0.15) is 23.1 Å². The summed E-state index contributed by atoms with van der Waals surface area (Å²) >= 11 is 2.22. The van der Waals surface area contributed by atoms with Gasteiger partial charge in [-0.05, 0) is 53.8 Å². The molecule has 3 nitrogen and oxygen atoms in total. The standard InChI is InChI=1S/C12H11IN2O/c1-2-15-8-7-14-12(15)11(16)9-3-5-10(13)6-4-9/h3-8H,2H2,1H3. The second-order valence-corrected chi connectivity index (χ2v) is 4.62. The van der Waals surface area contributed by atoms with Crippen molar-refractivity contribution in [2.45, 2.75) is 13.5 Å². The van der Waals surface area contributed by atoms with Crippen LogP contribution < -0.4 is 0 Å². The van der Waals surface area contributed by atoms with Crippen molar-refractivity contribution in [3.05, 3.63) is 51.6 Å². The fourth-order valence-corrected chi connectivity index (χ4v) is 1.86. The second kappa shape index (κ2) is 4.78. The van der Waals surface area contributed by atoms with E-state index in [-0.39, 0.29) is 5.78 Å². The van der Waals surface area contributed by atoms with Gasteiger partial charge in [0.05, 0.1) is 0 Å². The molecule has 0 aliphatic heterocycles. The molecule has 0 aliphatic rings. The van der Waals surface area contributed by atoms with Crippen LogP contribution in [0, 0.1) is 3.57 Å². The van der Waals surface area contributed by atoms with Gasteiger partial charge >= 0.3 is 0 Å². The average molecular weight is 326 g/mol. The highest BCUT2D eigenvalue weighted by Gasteiger charge is 2.13. The molecule has 0 atom stereocenters. The Morgan fingerprint density at radius 3 is 2.69 bits per heavy atom. The van der Waals surface area contributed by atoms with Crippen LogP contribution in [0.3, 0.4) is 0 Å². The van der Waals surface area contributed by atoms with E-state index in [1.54, 1.807) is 6.20 Å². The molecular formula is C12H11IN2O. The number of halogens is 1. The van der Waals surface area contributed by atoms with Gasteiger partial charge in [0.1, 0.15) is 0 Å². The molecule has 2 aromatic rings. The molecular weight excluding hydrogens is 315 g/mol. The molecule has 4 heteroatoms. The van der Waals surface area contributed by atoms with E-state index in [9.17, 15) is 4.79 Å². The van der Waals surface area contributed by atoms with Crippen molar-refractivity contribution < 1.29 is 4.79 Å². The van der Waals surface area contributed by atoms with Gasteiger partial charge in [0.2, 0.25) is 5.78 Å². The van der Waals surface area contributed by atoms with Crippen LogP contribution in [-0.2, 0) is 6.54 Å². The van der Waals surface area contributed by atoms with Gasteiger partial charge in [-0.1, -0.05) is 0 Å². The Morgan fingerprint density at radius 1 is 1.38 bits per heavy atom. The van der Waals surface area contributed by atoms with Crippen molar-refractivity contribution >= 4 is 28.4 Å². The van der Waals surface area contributed by atoms with E-state index >= 15 is 0 Å². The predicted octanol–water partition coefficient (Wildman–Crippen LogP) is 2.74. The minimum atomic E-state index is -0.0248. The van der Waals surface area contributed by atoms with Crippen molar-refractivity contribution in [3.8, 4) is 0 Å². The van der Waals surface area contributed by atoms with Crippen LogP contribution in [0.15, 0.2) is 36.7 Å². The Morgan fingerprint density at radius 2 is 2.06 bits per heavy atom. The Bertz CT molecular complexity index is 502. The number of hydrogen-bond acceptors (Lipinski definition) is 2. The summed E-state index contributed by atoms with van der Waals surface area (Å²) in [5.74, 6) is 0.479. The monoisotopic (exact) mass is 326 g/mol. The molecule has 1 heterocycles. The fraction of sp³-hybridized carbons (Fsp3) is 0.167. The Kier molecular flexibility index (Phi) is 3.38. The number of benzene rings is 1. The number of nitrogens with zero attached hydrogens (tertiary/aromatic N) is 2. The number of carbonyl (C=O) groups excluding carboxylic acids is 1. The molecule has 2 rings (SSSR count). The maximum atomic E-state index is 12.1. The van der Waals surface area contributed by atoms with Crippen LogP contribution >= 0.6 is 22.6 Å². The summed E-state index contributed by atoms with van der Waals surface area (Å²) in [5, 5.41) is 0. The third-order valence-electron chi connectivity index (χ3n) is 2.37. The largest absolute Gasteiger partial charge is 0.328 e. The van der Waals surface area contributed by atoms with Crippen molar-refractivity contribution in [2.24, 2.45) is 0 Å². The molecule has 0 saturated carbocycles. The van der Waals surface area contributed by atoms with Gasteiger partial charge in [-0.3, -0.25) is 4.79 Å². The third kappa shape index (κ3) is 2.16. The Balaban J connectivity index is 2.35. The lowest BCUT2D eigenvalue weighted by Crippen LogP contribution is -2.10. The van der Waals surface area contributed by atoms with Crippen LogP contribution in [0.25, 0.3) is 0 Å². The van der Waals surface area contributed by atoms with Gasteiger partial charge in [-0.25, -0.2) is 4.98 Å². The van der Waals surface area contributed by atoms with E-state index in [4.69, 9.17) is 0 Å². The van der Waals surface area contributed by atoms with E-state index < -0.39 is 0 Å². The minimum Gasteiger partial charge on any atom is -0.328 e. The number of ketones is 1. The summed E-state index contributed by atoms with van der Waals surface area (Å²) in [7, 11) is 0. The molecule has 0 radical (unpaired) electrons. The van der Waals surface area contributed by atoms with Crippen molar-refractivity contribution in [3.63, 3.8) is 0 Å². The molecule has 1 aromatic heterocycles. The van der Waals surface area contributed by atoms with Gasteiger partial charge in [0.15, 0.2) is 5.82 Å². The first kappa shape index (κ1) is 11.3. The summed E-state index contributed by atoms with van der Waals surface area (Å²) in [6.45, 7) is 2.75. The number of aryl methyl sites for hydroxylation is 1. The summed E-state index contributed by atoms with van der Waals surface area (Å²) in [5.41, 5.74) is 0.682. The highest BCUT2D eigenvalue weighted by molar-refractivity contribution is 14.1. The molecule has 0 unspecified atom stereocenters. The summed E-state index contributed by atoms with van der Waals surface area (Å²) < 4.78 is 2.97. The van der Waals surface area contributed by atoms with Crippen molar-refractivity contribution in [1.29, 1.82) is 0 Å². The van der Waals surface area contributed by atoms with Crippen molar-refractivity contribution in [2.75, 3.05) is 0 Å². The molecule has 0 bridgehead atoms. The zero-order valence-electron chi connectivity index (χ0n) is 8.85. The summed E-state index contributed by atoms with van der Waals surface area (Å²) in [6, 6.07) is 7.51. The maximum Gasteiger partial charge on any atom is 0.228 e. The Hall–Kier alpha value is -1.17. The molecule has 0 saturated heterocycles. The number of hydrogen-bond donors (Lipinski definition) is 0. The van der Waals surface area contributed by atoms with Gasteiger partial charge in [0, 0.05) is 28.1 Å². The van der Waals surface area contributed by atoms with Crippen LogP contribution in [0.4, 0.5) is 0 Å². The zero-order valence-corrected chi connectivity index (χ0v) is 11.0. The van der Waals surface area contributed by atoms with Gasteiger partial charge in [0.25, 0.3) is 0 Å². The van der Waals surface area contributed by atoms with E-state index in [2.05, 4.69) is 27.6 Å². The topological polar surface area (TPSA) is 34.9 Å². The lowest BCUT2D eigenvalue weighted by atomic mass is 10.1. The first-order chi connectivity index (χ1) is 7.72. The third-order valence-corrected chi connectivity index (χ3v) is 3.08. The van der Waals surface area contributed by atoms with Crippen LogP contribution in [-0.4, -0.2) is 15.3 Å². The molecule has 0 spiro atoms.